The number of rotatable bonds is 3. The standard InChI is InChI=1S/C17H24N2O4.O.V/c1-2-3-7-19-8-10-22-16(20)12-14-5-4-6-15(18-14)13-17(21)23-11-9-19;;/h4-6H,2-3,7-13H2,1H3;;. The van der Waals surface area contributed by atoms with Crippen molar-refractivity contribution < 1.29 is 40.1 Å². The van der Waals surface area contributed by atoms with E-state index in [1.165, 1.54) is 0 Å². The van der Waals surface area contributed by atoms with E-state index >= 15 is 0 Å². The average Bonchev–Trinajstić information content (AvgIpc) is 2.60. The van der Waals surface area contributed by atoms with E-state index in [9.17, 15) is 9.59 Å². The summed E-state index contributed by atoms with van der Waals surface area (Å²) in [5.41, 5.74) is 1.22. The summed E-state index contributed by atoms with van der Waals surface area (Å²) >= 11 is 1.06. The Hall–Kier alpha value is -1.57. The number of hydrogen-bond donors (Lipinski definition) is 0. The van der Waals surface area contributed by atoms with Gasteiger partial charge in [-0.05, 0) is 25.1 Å². The van der Waals surface area contributed by atoms with Gasteiger partial charge in [-0.2, -0.15) is 0 Å². The van der Waals surface area contributed by atoms with Gasteiger partial charge >= 0.3 is 33.0 Å². The van der Waals surface area contributed by atoms with Crippen molar-refractivity contribution in [1.29, 1.82) is 0 Å². The molecule has 0 radical (unpaired) electrons. The van der Waals surface area contributed by atoms with E-state index in [0.29, 0.717) is 37.7 Å². The van der Waals surface area contributed by atoms with E-state index in [-0.39, 0.29) is 24.8 Å². The molecule has 2 rings (SSSR count). The van der Waals surface area contributed by atoms with Crippen LogP contribution in [0.1, 0.15) is 31.2 Å². The summed E-state index contributed by atoms with van der Waals surface area (Å²) in [4.78, 5) is 30.2. The second-order valence-corrected chi connectivity index (χ2v) is 5.61. The Balaban J connectivity index is 0.00000151. The molecule has 0 saturated heterocycles. The van der Waals surface area contributed by atoms with Crippen LogP contribution in [0.2, 0.25) is 0 Å². The number of nitrogens with zero attached hydrogens (tertiary/aromatic N) is 2. The van der Waals surface area contributed by atoms with Crippen molar-refractivity contribution >= 4 is 11.9 Å². The predicted octanol–water partition coefficient (Wildman–Crippen LogP) is 1.25. The number of esters is 2. The molecule has 2 heterocycles. The molecule has 1 aliphatic heterocycles. The fourth-order valence-corrected chi connectivity index (χ4v) is 2.42. The summed E-state index contributed by atoms with van der Waals surface area (Å²) in [5, 5.41) is 0. The normalized spacial score (nSPS) is 16.6. The summed E-state index contributed by atoms with van der Waals surface area (Å²) in [7, 11) is 0. The van der Waals surface area contributed by atoms with E-state index in [2.05, 4.69) is 16.8 Å². The van der Waals surface area contributed by atoms with Crippen molar-refractivity contribution in [2.75, 3.05) is 32.8 Å². The molecule has 7 nitrogen and oxygen atoms in total. The fourth-order valence-electron chi connectivity index (χ4n) is 2.42. The summed E-state index contributed by atoms with van der Waals surface area (Å²) in [6, 6.07) is 5.31. The predicted molar refractivity (Wildman–Crippen MR) is 85.6 cm³/mol. The minimum atomic E-state index is -0.287. The molecule has 1 aromatic heterocycles. The minimum absolute atomic E-state index is 0.123. The molecule has 0 aromatic carbocycles. The van der Waals surface area contributed by atoms with Crippen molar-refractivity contribution in [3.05, 3.63) is 29.6 Å². The Morgan fingerprint density at radius 2 is 1.56 bits per heavy atom. The van der Waals surface area contributed by atoms with Crippen molar-refractivity contribution in [1.82, 2.24) is 9.88 Å². The number of hydrogen-bond acceptors (Lipinski definition) is 7. The van der Waals surface area contributed by atoms with Crippen LogP contribution in [-0.2, 0) is 52.9 Å². The molecule has 0 saturated carbocycles. The third kappa shape index (κ3) is 8.90. The Kier molecular flexibility index (Phi) is 11.0. The number of aromatic nitrogens is 1. The van der Waals surface area contributed by atoms with Crippen molar-refractivity contribution in [2.24, 2.45) is 0 Å². The van der Waals surface area contributed by atoms with Gasteiger partial charge in [-0.25, -0.2) is 0 Å². The zero-order valence-corrected chi connectivity index (χ0v) is 15.9. The van der Waals surface area contributed by atoms with E-state index in [1.807, 2.05) is 0 Å². The molecule has 0 aliphatic carbocycles. The Morgan fingerprint density at radius 1 is 1.04 bits per heavy atom. The van der Waals surface area contributed by atoms with Crippen LogP contribution in [0.25, 0.3) is 0 Å². The van der Waals surface area contributed by atoms with Gasteiger partial charge in [-0.15, -0.1) is 0 Å². The topological polar surface area (TPSA) is 85.8 Å². The van der Waals surface area contributed by atoms with Gasteiger partial charge in [0.25, 0.3) is 0 Å². The Labute approximate surface area is 157 Å². The molecule has 2 bridgehead atoms. The van der Waals surface area contributed by atoms with Crippen molar-refractivity contribution in [3.8, 4) is 0 Å². The van der Waals surface area contributed by atoms with Crippen molar-refractivity contribution in [3.63, 3.8) is 0 Å². The SMILES string of the molecule is CCCCN1CCOC(=O)Cc2cccc(n2)CC(=O)OCC1.[O]=[V]. The van der Waals surface area contributed by atoms with Crippen LogP contribution in [-0.4, -0.2) is 54.7 Å². The molecule has 8 heteroatoms. The van der Waals surface area contributed by atoms with Crippen LogP contribution in [0, 0.1) is 0 Å². The van der Waals surface area contributed by atoms with Gasteiger partial charge in [-0.3, -0.25) is 19.5 Å². The second kappa shape index (κ2) is 12.7. The molecular weight excluding hydrogens is 363 g/mol. The van der Waals surface area contributed by atoms with Crippen LogP contribution >= 0.6 is 0 Å². The van der Waals surface area contributed by atoms with Crippen LogP contribution in [0.4, 0.5) is 0 Å². The first-order chi connectivity index (χ1) is 12.2. The summed E-state index contributed by atoms with van der Waals surface area (Å²) < 4.78 is 18.8. The molecule has 137 valence electrons. The number of fused-ring (bicyclic) bond motifs is 2. The van der Waals surface area contributed by atoms with Crippen LogP contribution in [0.15, 0.2) is 18.2 Å². The number of pyridine rings is 1. The van der Waals surface area contributed by atoms with Crippen LogP contribution in [0.3, 0.4) is 0 Å². The van der Waals surface area contributed by atoms with Gasteiger partial charge in [0.15, 0.2) is 0 Å². The van der Waals surface area contributed by atoms with Gasteiger partial charge in [0.05, 0.1) is 24.2 Å². The summed E-state index contributed by atoms with van der Waals surface area (Å²) in [5.74, 6) is -0.575. The maximum absolute atomic E-state index is 11.9. The number of ether oxygens (including phenoxy) is 2. The van der Waals surface area contributed by atoms with E-state index < -0.39 is 0 Å². The third-order valence-corrected chi connectivity index (χ3v) is 3.68. The molecule has 25 heavy (non-hydrogen) atoms. The monoisotopic (exact) mass is 387 g/mol. The average molecular weight is 387 g/mol. The quantitative estimate of drug-likeness (QED) is 0.722. The van der Waals surface area contributed by atoms with Crippen LogP contribution < -0.4 is 0 Å². The van der Waals surface area contributed by atoms with Crippen molar-refractivity contribution in [2.45, 2.75) is 32.6 Å². The van der Waals surface area contributed by atoms with Gasteiger partial charge in [-0.1, -0.05) is 19.4 Å². The molecule has 1 aliphatic rings. The van der Waals surface area contributed by atoms with Crippen LogP contribution in [0.5, 0.6) is 0 Å². The first-order valence-electron chi connectivity index (χ1n) is 8.34. The molecule has 1 aromatic rings. The first kappa shape index (κ1) is 21.5. The van der Waals surface area contributed by atoms with Gasteiger partial charge in [0.1, 0.15) is 13.2 Å². The Bertz CT molecular complexity index is 516. The van der Waals surface area contributed by atoms with Gasteiger partial charge < -0.3 is 9.47 Å². The van der Waals surface area contributed by atoms with E-state index in [0.717, 1.165) is 36.8 Å². The van der Waals surface area contributed by atoms with E-state index in [4.69, 9.17) is 13.1 Å². The fraction of sp³-hybridized carbons (Fsp3) is 0.588. The zero-order chi connectivity index (χ0) is 18.5. The third-order valence-electron chi connectivity index (χ3n) is 3.68. The molecular formula is C17H24N2O5V. The number of carbonyl (C=O) groups excluding carboxylic acids is 2. The second-order valence-electron chi connectivity index (χ2n) is 5.61. The maximum atomic E-state index is 11.9. The molecule has 0 fully saturated rings. The Morgan fingerprint density at radius 3 is 2.04 bits per heavy atom. The zero-order valence-electron chi connectivity index (χ0n) is 14.5. The van der Waals surface area contributed by atoms with Gasteiger partial charge in [0.2, 0.25) is 0 Å². The molecule has 0 atom stereocenters. The number of carbonyl (C=O) groups is 2. The van der Waals surface area contributed by atoms with E-state index in [1.54, 1.807) is 18.2 Å². The molecule has 0 N–H and O–H groups in total. The summed E-state index contributed by atoms with van der Waals surface area (Å²) in [6.07, 6.45) is 2.41. The summed E-state index contributed by atoms with van der Waals surface area (Å²) in [6.45, 7) is 5.02. The number of cyclic esters (lactones) is 2. The van der Waals surface area contributed by atoms with Gasteiger partial charge in [0, 0.05) is 13.1 Å². The molecule has 0 spiro atoms. The molecule has 0 unspecified atom stereocenters. The first-order valence-corrected chi connectivity index (χ1v) is 8.91. The number of unbranched alkanes of at least 4 members (excludes halogenated alkanes) is 1. The molecule has 0 amide bonds.